The maximum atomic E-state index is 12.7. The lowest BCUT2D eigenvalue weighted by Crippen LogP contribution is -2.52. The summed E-state index contributed by atoms with van der Waals surface area (Å²) >= 11 is -0.707. The summed E-state index contributed by atoms with van der Waals surface area (Å²) in [5, 5.41) is 11.0. The fourth-order valence-electron chi connectivity index (χ4n) is 3.70. The van der Waals surface area contributed by atoms with E-state index in [1.165, 1.54) is 25.7 Å². The molecular formula is C26H49NO5S. The molecule has 194 valence electrons. The van der Waals surface area contributed by atoms with Gasteiger partial charge in [-0.05, 0) is 65.7 Å². The van der Waals surface area contributed by atoms with Gasteiger partial charge in [0.15, 0.2) is 5.60 Å². The Labute approximate surface area is 205 Å². The normalized spacial score (nSPS) is 15.8. The van der Waals surface area contributed by atoms with E-state index in [2.05, 4.69) is 6.92 Å². The van der Waals surface area contributed by atoms with Gasteiger partial charge in [0.05, 0.1) is 5.92 Å². The van der Waals surface area contributed by atoms with Gasteiger partial charge in [0.1, 0.15) is 17.1 Å². The zero-order valence-corrected chi connectivity index (χ0v) is 22.5. The molecule has 0 rings (SSSR count). The van der Waals surface area contributed by atoms with Crippen molar-refractivity contribution in [1.82, 2.24) is 0 Å². The van der Waals surface area contributed by atoms with Crippen LogP contribution in [0.15, 0.2) is 12.2 Å². The number of carbonyl (C=O) groups is 2. The van der Waals surface area contributed by atoms with Gasteiger partial charge in [-0.25, -0.2) is 4.79 Å². The van der Waals surface area contributed by atoms with Gasteiger partial charge < -0.3 is 20.1 Å². The zero-order chi connectivity index (χ0) is 25.3. The van der Waals surface area contributed by atoms with Gasteiger partial charge in [-0.15, -0.1) is 0 Å². The number of carbonyl (C=O) groups excluding carboxylic acids is 2. The predicted molar refractivity (Wildman–Crippen MR) is 137 cm³/mol. The number of aliphatic hydroxyl groups is 1. The number of primary amides is 1. The Morgan fingerprint density at radius 3 is 2.00 bits per heavy atom. The van der Waals surface area contributed by atoms with E-state index in [4.69, 9.17) is 10.5 Å². The van der Waals surface area contributed by atoms with Crippen LogP contribution < -0.4 is 5.73 Å². The molecule has 0 saturated heterocycles. The molecule has 0 aromatic carbocycles. The Morgan fingerprint density at radius 2 is 1.52 bits per heavy atom. The molecule has 7 heteroatoms. The highest BCUT2D eigenvalue weighted by molar-refractivity contribution is 7.91. The third-order valence-electron chi connectivity index (χ3n) is 5.50. The smallest absolute Gasteiger partial charge is 0.339 e. The molecule has 1 amide bonds. The summed E-state index contributed by atoms with van der Waals surface area (Å²) in [4.78, 5) is 24.7. The molecule has 0 bridgehead atoms. The van der Waals surface area contributed by atoms with Gasteiger partial charge in [0.25, 0.3) is 0 Å². The lowest BCUT2D eigenvalue weighted by atomic mass is 9.82. The highest BCUT2D eigenvalue weighted by Crippen LogP contribution is 2.29. The highest BCUT2D eigenvalue weighted by atomic mass is 32.2. The number of allylic oxidation sites excluding steroid dienone is 1. The summed E-state index contributed by atoms with van der Waals surface area (Å²) in [7, 11) is 0. The largest absolute Gasteiger partial charge is 0.616 e. The van der Waals surface area contributed by atoms with Crippen molar-refractivity contribution in [2.24, 2.45) is 11.7 Å². The molecule has 2 unspecified atom stereocenters. The zero-order valence-electron chi connectivity index (χ0n) is 21.7. The first-order valence-corrected chi connectivity index (χ1v) is 14.2. The highest BCUT2D eigenvalue weighted by Gasteiger charge is 2.47. The molecule has 0 aromatic rings. The molecule has 0 aliphatic carbocycles. The molecular weight excluding hydrogens is 438 g/mol. The number of hydrogen-bond acceptors (Lipinski definition) is 5. The van der Waals surface area contributed by atoms with Crippen molar-refractivity contribution >= 4 is 23.1 Å². The first-order valence-electron chi connectivity index (χ1n) is 12.7. The molecule has 33 heavy (non-hydrogen) atoms. The maximum absolute atomic E-state index is 12.7. The molecule has 3 N–H and O–H groups in total. The van der Waals surface area contributed by atoms with Crippen molar-refractivity contribution in [1.29, 1.82) is 0 Å². The predicted octanol–water partition coefficient (Wildman–Crippen LogP) is 5.19. The minimum absolute atomic E-state index is 0.0929. The Bertz CT molecular complexity index is 576. The van der Waals surface area contributed by atoms with Crippen molar-refractivity contribution < 1.29 is 24.0 Å². The van der Waals surface area contributed by atoms with Gasteiger partial charge in [-0.3, -0.25) is 4.79 Å². The van der Waals surface area contributed by atoms with E-state index in [1.54, 1.807) is 26.8 Å². The Balaban J connectivity index is 4.44. The Morgan fingerprint density at radius 1 is 0.970 bits per heavy atom. The molecule has 0 spiro atoms. The van der Waals surface area contributed by atoms with E-state index in [0.29, 0.717) is 6.42 Å². The quantitative estimate of drug-likeness (QED) is 0.113. The van der Waals surface area contributed by atoms with Crippen molar-refractivity contribution in [3.8, 4) is 0 Å². The van der Waals surface area contributed by atoms with Crippen LogP contribution >= 0.6 is 0 Å². The fraction of sp³-hybridized carbons (Fsp3) is 0.846. The molecule has 6 nitrogen and oxygen atoms in total. The number of hydrogen-bond donors (Lipinski definition) is 2. The van der Waals surface area contributed by atoms with Crippen molar-refractivity contribution in [2.45, 2.75) is 123 Å². The van der Waals surface area contributed by atoms with Crippen LogP contribution in [0.25, 0.3) is 0 Å². The molecule has 0 heterocycles. The van der Waals surface area contributed by atoms with Crippen LogP contribution in [0.3, 0.4) is 0 Å². The van der Waals surface area contributed by atoms with Crippen LogP contribution in [0, 0.1) is 5.92 Å². The standard InChI is InChI=1S/C26H49NO5S/c1-6-8-9-13-16-20-33(31)21-17-14-11-10-12-15-18-22(23(27)28)26(30,19-7-2)24(29)32-25(3,4)5/h15,18,22,30H,6-14,16-17,19-21H2,1-5H3,(H2,27,28)/b18-15+/t22-,26?,33?/m1/s1. The summed E-state index contributed by atoms with van der Waals surface area (Å²) in [5.41, 5.74) is 2.79. The topological polar surface area (TPSA) is 113 Å². The second kappa shape index (κ2) is 17.4. The molecule has 3 atom stereocenters. The summed E-state index contributed by atoms with van der Waals surface area (Å²) in [6.07, 6.45) is 14.6. The molecule has 0 radical (unpaired) electrons. The first-order chi connectivity index (χ1) is 15.5. The van der Waals surface area contributed by atoms with E-state index in [9.17, 15) is 19.2 Å². The number of unbranched alkanes of at least 4 members (excludes halogenated alkanes) is 8. The number of nitrogens with two attached hydrogens (primary N) is 1. The molecule has 0 fully saturated rings. The second-order valence-corrected chi connectivity index (χ2v) is 11.6. The first kappa shape index (κ1) is 31.9. The van der Waals surface area contributed by atoms with E-state index < -0.39 is 40.2 Å². The number of esters is 1. The third kappa shape index (κ3) is 14.7. The average Bonchev–Trinajstić information content (AvgIpc) is 2.71. The van der Waals surface area contributed by atoms with Crippen molar-refractivity contribution in [3.63, 3.8) is 0 Å². The Hall–Kier alpha value is -1.05. The number of amides is 1. The number of rotatable bonds is 19. The fourth-order valence-corrected chi connectivity index (χ4v) is 4.96. The molecule has 0 aliphatic rings. The van der Waals surface area contributed by atoms with Gasteiger partial charge in [-0.2, -0.15) is 0 Å². The van der Waals surface area contributed by atoms with E-state index in [1.807, 2.05) is 13.0 Å². The molecule has 0 aliphatic heterocycles. The minimum Gasteiger partial charge on any atom is -0.616 e. The summed E-state index contributed by atoms with van der Waals surface area (Å²) in [6.45, 7) is 9.18. The summed E-state index contributed by atoms with van der Waals surface area (Å²) < 4.78 is 17.4. The second-order valence-electron chi connectivity index (χ2n) is 9.95. The van der Waals surface area contributed by atoms with Crippen LogP contribution in [-0.4, -0.2) is 44.2 Å². The molecule has 0 saturated carbocycles. The summed E-state index contributed by atoms with van der Waals surface area (Å²) in [6, 6.07) is 0. The van der Waals surface area contributed by atoms with Gasteiger partial charge >= 0.3 is 5.97 Å². The summed E-state index contributed by atoms with van der Waals surface area (Å²) in [5.74, 6) is -1.10. The van der Waals surface area contributed by atoms with Crippen LogP contribution in [0.4, 0.5) is 0 Å². The van der Waals surface area contributed by atoms with Gasteiger partial charge in [0, 0.05) is 0 Å². The van der Waals surface area contributed by atoms with Crippen molar-refractivity contribution in [2.75, 3.05) is 11.5 Å². The van der Waals surface area contributed by atoms with Crippen LogP contribution in [-0.2, 0) is 25.5 Å². The minimum atomic E-state index is -1.97. The SMILES string of the molecule is CCCCCCC[S+]([O-])CCCCCC/C=C/[C@H](C(N)=O)C(O)(CCC)C(=O)OC(C)(C)C. The van der Waals surface area contributed by atoms with Crippen LogP contribution in [0.2, 0.25) is 0 Å². The Kier molecular flexibility index (Phi) is 16.8. The van der Waals surface area contributed by atoms with E-state index in [0.717, 1.165) is 50.0 Å². The number of ether oxygens (including phenoxy) is 1. The van der Waals surface area contributed by atoms with Gasteiger partial charge in [-0.1, -0.05) is 69.3 Å². The van der Waals surface area contributed by atoms with E-state index in [-0.39, 0.29) is 6.42 Å². The monoisotopic (exact) mass is 487 g/mol. The molecule has 0 aromatic heterocycles. The van der Waals surface area contributed by atoms with Crippen LogP contribution in [0.1, 0.15) is 112 Å². The lowest BCUT2D eigenvalue weighted by molar-refractivity contribution is -0.183. The van der Waals surface area contributed by atoms with E-state index >= 15 is 0 Å². The van der Waals surface area contributed by atoms with Crippen molar-refractivity contribution in [3.05, 3.63) is 12.2 Å². The lowest BCUT2D eigenvalue weighted by Gasteiger charge is -2.33. The van der Waals surface area contributed by atoms with Gasteiger partial charge in [0.2, 0.25) is 5.91 Å². The third-order valence-corrected chi connectivity index (χ3v) is 6.99. The van der Waals surface area contributed by atoms with Crippen LogP contribution in [0.5, 0.6) is 0 Å². The average molecular weight is 488 g/mol. The maximum Gasteiger partial charge on any atom is 0.339 e.